The number of carbonyl (C=O) groups excluding carboxylic acids is 1. The molecular formula is C22H14BrF4N3O3. The Bertz CT molecular complexity index is 1280. The first-order valence-electron chi connectivity index (χ1n) is 9.44. The van der Waals surface area contributed by atoms with E-state index in [1.54, 1.807) is 18.2 Å². The van der Waals surface area contributed by atoms with Crippen LogP contribution in [0.25, 0.3) is 0 Å². The number of anilines is 1. The second-order valence-corrected chi connectivity index (χ2v) is 7.72. The number of halogens is 5. The van der Waals surface area contributed by atoms with Crippen LogP contribution in [-0.2, 0) is 13.2 Å². The SMILES string of the molecule is O=C(Nc1ccn(Cc2c(F)c(F)cc(F)c2F)n1)c1ccc(COc2ccc(Br)cc2)o1. The molecule has 11 heteroatoms. The van der Waals surface area contributed by atoms with Crippen molar-refractivity contribution >= 4 is 27.7 Å². The van der Waals surface area contributed by atoms with Gasteiger partial charge in [0, 0.05) is 22.8 Å². The summed E-state index contributed by atoms with van der Waals surface area (Å²) in [5.74, 6) is -5.60. The summed E-state index contributed by atoms with van der Waals surface area (Å²) in [6.07, 6.45) is 1.29. The maximum atomic E-state index is 13.8. The van der Waals surface area contributed by atoms with Crippen molar-refractivity contribution in [3.63, 3.8) is 0 Å². The number of amides is 1. The number of ether oxygens (including phenoxy) is 1. The topological polar surface area (TPSA) is 69.3 Å². The van der Waals surface area contributed by atoms with Gasteiger partial charge in [-0.3, -0.25) is 9.48 Å². The van der Waals surface area contributed by atoms with Crippen molar-refractivity contribution in [2.75, 3.05) is 5.32 Å². The average Bonchev–Trinajstić information content (AvgIpc) is 3.44. The molecule has 2 aromatic heterocycles. The number of hydrogen-bond donors (Lipinski definition) is 1. The zero-order valence-electron chi connectivity index (χ0n) is 16.6. The van der Waals surface area contributed by atoms with Gasteiger partial charge in [0.1, 0.15) is 18.1 Å². The molecule has 2 heterocycles. The van der Waals surface area contributed by atoms with Gasteiger partial charge in [0.2, 0.25) is 0 Å². The van der Waals surface area contributed by atoms with Crippen LogP contribution in [0.15, 0.2) is 63.6 Å². The van der Waals surface area contributed by atoms with Gasteiger partial charge in [0.25, 0.3) is 5.91 Å². The van der Waals surface area contributed by atoms with Crippen molar-refractivity contribution in [2.24, 2.45) is 0 Å². The molecule has 1 N–H and O–H groups in total. The number of rotatable bonds is 7. The third-order valence-electron chi connectivity index (χ3n) is 4.49. The lowest BCUT2D eigenvalue weighted by molar-refractivity contribution is 0.0992. The highest BCUT2D eigenvalue weighted by molar-refractivity contribution is 9.10. The molecule has 4 rings (SSSR count). The number of nitrogens with one attached hydrogen (secondary N) is 1. The molecule has 0 radical (unpaired) electrons. The second kappa shape index (κ2) is 9.49. The summed E-state index contributed by atoms with van der Waals surface area (Å²) >= 11 is 3.33. The Morgan fingerprint density at radius 2 is 1.73 bits per heavy atom. The lowest BCUT2D eigenvalue weighted by atomic mass is 10.2. The summed E-state index contributed by atoms with van der Waals surface area (Å²) in [5.41, 5.74) is -0.824. The van der Waals surface area contributed by atoms with Gasteiger partial charge >= 0.3 is 0 Å². The average molecular weight is 524 g/mol. The van der Waals surface area contributed by atoms with E-state index in [1.807, 2.05) is 12.1 Å². The van der Waals surface area contributed by atoms with Crippen molar-refractivity contribution in [3.8, 4) is 5.75 Å². The lowest BCUT2D eigenvalue weighted by Crippen LogP contribution is -2.13. The predicted octanol–water partition coefficient (Wildman–Crippen LogP) is 5.67. The van der Waals surface area contributed by atoms with Crippen LogP contribution in [0, 0.1) is 23.3 Å². The van der Waals surface area contributed by atoms with E-state index in [1.165, 1.54) is 18.3 Å². The first kappa shape index (κ1) is 22.6. The molecule has 6 nitrogen and oxygen atoms in total. The van der Waals surface area contributed by atoms with Gasteiger partial charge in [-0.2, -0.15) is 5.10 Å². The molecule has 0 aliphatic rings. The van der Waals surface area contributed by atoms with E-state index < -0.39 is 41.3 Å². The summed E-state index contributed by atoms with van der Waals surface area (Å²) < 4.78 is 67.4. The van der Waals surface area contributed by atoms with Crippen molar-refractivity contribution in [3.05, 3.63) is 99.6 Å². The molecule has 0 saturated heterocycles. The summed E-state index contributed by atoms with van der Waals surface area (Å²) in [5, 5.41) is 6.40. The molecule has 0 atom stereocenters. The van der Waals surface area contributed by atoms with E-state index in [-0.39, 0.29) is 24.3 Å². The fraction of sp³-hybridized carbons (Fsp3) is 0.0909. The van der Waals surface area contributed by atoms with Crippen molar-refractivity contribution in [2.45, 2.75) is 13.2 Å². The molecule has 4 aromatic rings. The monoisotopic (exact) mass is 523 g/mol. The van der Waals surface area contributed by atoms with Crippen LogP contribution in [0.4, 0.5) is 23.4 Å². The Labute approximate surface area is 192 Å². The molecule has 1 amide bonds. The molecule has 0 saturated carbocycles. The standard InChI is InChI=1S/C22H14BrF4N3O3/c23-12-1-3-13(4-2-12)32-11-14-5-6-18(33-14)22(31)28-19-7-8-30(29-19)10-15-20(26)16(24)9-17(25)21(15)27/h1-9H,10-11H2,(H,28,29,31). The molecule has 0 unspecified atom stereocenters. The highest BCUT2D eigenvalue weighted by Crippen LogP contribution is 2.21. The fourth-order valence-corrected chi connectivity index (χ4v) is 3.14. The number of carbonyl (C=O) groups is 1. The van der Waals surface area contributed by atoms with E-state index in [4.69, 9.17) is 9.15 Å². The Morgan fingerprint density at radius 3 is 2.42 bits per heavy atom. The molecule has 0 aliphatic heterocycles. The van der Waals surface area contributed by atoms with E-state index in [0.29, 0.717) is 11.5 Å². The van der Waals surface area contributed by atoms with Crippen LogP contribution in [-0.4, -0.2) is 15.7 Å². The smallest absolute Gasteiger partial charge is 0.292 e. The number of benzene rings is 2. The van der Waals surface area contributed by atoms with E-state index in [0.717, 1.165) is 9.15 Å². The van der Waals surface area contributed by atoms with Gasteiger partial charge in [-0.05, 0) is 36.4 Å². The van der Waals surface area contributed by atoms with Gasteiger partial charge in [-0.15, -0.1) is 0 Å². The Morgan fingerprint density at radius 1 is 1.03 bits per heavy atom. The maximum absolute atomic E-state index is 13.8. The molecule has 33 heavy (non-hydrogen) atoms. The normalized spacial score (nSPS) is 10.9. The van der Waals surface area contributed by atoms with Crippen molar-refractivity contribution in [1.29, 1.82) is 0 Å². The zero-order chi connectivity index (χ0) is 23.5. The number of hydrogen-bond acceptors (Lipinski definition) is 4. The third-order valence-corrected chi connectivity index (χ3v) is 5.01. The molecular weight excluding hydrogens is 510 g/mol. The van der Waals surface area contributed by atoms with E-state index >= 15 is 0 Å². The van der Waals surface area contributed by atoms with Crippen LogP contribution in [0.1, 0.15) is 21.9 Å². The molecule has 0 aliphatic carbocycles. The van der Waals surface area contributed by atoms with Gasteiger partial charge in [-0.25, -0.2) is 17.6 Å². The highest BCUT2D eigenvalue weighted by atomic mass is 79.9. The van der Waals surface area contributed by atoms with Gasteiger partial charge in [0.05, 0.1) is 12.1 Å². The molecule has 2 aromatic carbocycles. The fourth-order valence-electron chi connectivity index (χ4n) is 2.88. The van der Waals surface area contributed by atoms with Gasteiger partial charge < -0.3 is 14.5 Å². The molecule has 0 fully saturated rings. The van der Waals surface area contributed by atoms with Crippen LogP contribution in [0.5, 0.6) is 5.75 Å². The number of furan rings is 1. The number of nitrogens with zero attached hydrogens (tertiary/aromatic N) is 2. The number of aromatic nitrogens is 2. The Kier molecular flexibility index (Phi) is 6.50. The predicted molar refractivity (Wildman–Crippen MR) is 113 cm³/mol. The van der Waals surface area contributed by atoms with Gasteiger partial charge in [0.15, 0.2) is 34.8 Å². The van der Waals surface area contributed by atoms with Crippen LogP contribution in [0.3, 0.4) is 0 Å². The van der Waals surface area contributed by atoms with E-state index in [2.05, 4.69) is 26.3 Å². The first-order valence-corrected chi connectivity index (χ1v) is 10.2. The van der Waals surface area contributed by atoms with Crippen molar-refractivity contribution < 1.29 is 31.5 Å². The third kappa shape index (κ3) is 5.25. The minimum absolute atomic E-state index is 0.0109. The summed E-state index contributed by atoms with van der Waals surface area (Å²) in [6.45, 7) is -0.481. The maximum Gasteiger partial charge on any atom is 0.292 e. The van der Waals surface area contributed by atoms with Crippen LogP contribution < -0.4 is 10.1 Å². The highest BCUT2D eigenvalue weighted by Gasteiger charge is 2.20. The molecule has 0 spiro atoms. The van der Waals surface area contributed by atoms with Gasteiger partial charge in [-0.1, -0.05) is 15.9 Å². The minimum Gasteiger partial charge on any atom is -0.486 e. The first-order chi connectivity index (χ1) is 15.8. The minimum atomic E-state index is -1.51. The van der Waals surface area contributed by atoms with Crippen molar-refractivity contribution in [1.82, 2.24) is 9.78 Å². The van der Waals surface area contributed by atoms with Crippen LogP contribution >= 0.6 is 15.9 Å². The summed E-state index contributed by atoms with van der Waals surface area (Å²) in [4.78, 5) is 12.4. The zero-order valence-corrected chi connectivity index (χ0v) is 18.2. The summed E-state index contributed by atoms with van der Waals surface area (Å²) in [6, 6.07) is 11.7. The Hall–Kier alpha value is -3.60. The lowest BCUT2D eigenvalue weighted by Gasteiger charge is -2.07. The quantitative estimate of drug-likeness (QED) is 0.250. The second-order valence-electron chi connectivity index (χ2n) is 6.81. The van der Waals surface area contributed by atoms with Crippen LogP contribution in [0.2, 0.25) is 0 Å². The Balaban J connectivity index is 1.38. The molecule has 0 bridgehead atoms. The van der Waals surface area contributed by atoms with E-state index in [9.17, 15) is 22.4 Å². The summed E-state index contributed by atoms with van der Waals surface area (Å²) in [7, 11) is 0. The molecule has 170 valence electrons. The largest absolute Gasteiger partial charge is 0.486 e.